The third kappa shape index (κ3) is 5.32. The van der Waals surface area contributed by atoms with E-state index in [1.54, 1.807) is 0 Å². The van der Waals surface area contributed by atoms with E-state index in [1.165, 1.54) is 22.3 Å². The highest BCUT2D eigenvalue weighted by molar-refractivity contribution is 6.62. The molecular formula is C23H30B2O4. The summed E-state index contributed by atoms with van der Waals surface area (Å²) < 4.78 is 23.9. The van der Waals surface area contributed by atoms with Crippen LogP contribution in [0.15, 0.2) is 36.4 Å². The molecule has 2 aromatic carbocycles. The van der Waals surface area contributed by atoms with Gasteiger partial charge in [-0.15, -0.1) is 0 Å². The van der Waals surface area contributed by atoms with E-state index in [-0.39, 0.29) is 26.4 Å². The summed E-state index contributed by atoms with van der Waals surface area (Å²) in [6, 6.07) is 13.1. The molecule has 0 bridgehead atoms. The zero-order valence-electron chi connectivity index (χ0n) is 17.9. The maximum Gasteiger partial charge on any atom is 0.494 e. The lowest BCUT2D eigenvalue weighted by molar-refractivity contribution is 0.0695. The van der Waals surface area contributed by atoms with Crippen LogP contribution in [0.5, 0.6) is 0 Å². The summed E-state index contributed by atoms with van der Waals surface area (Å²) >= 11 is 0. The van der Waals surface area contributed by atoms with Gasteiger partial charge >= 0.3 is 14.2 Å². The van der Waals surface area contributed by atoms with Gasteiger partial charge in [0.2, 0.25) is 0 Å². The van der Waals surface area contributed by atoms with E-state index in [0.717, 1.165) is 36.8 Å². The topological polar surface area (TPSA) is 36.9 Å². The summed E-state index contributed by atoms with van der Waals surface area (Å²) in [6.07, 6.45) is 3.25. The molecule has 2 atom stereocenters. The van der Waals surface area contributed by atoms with E-state index in [1.807, 2.05) is 6.92 Å². The molecule has 4 nitrogen and oxygen atoms in total. The average Bonchev–Trinajstić information content (AvgIpc) is 3.12. The first-order chi connectivity index (χ1) is 14.0. The zero-order chi connectivity index (χ0) is 20.4. The van der Waals surface area contributed by atoms with Crippen molar-refractivity contribution in [3.63, 3.8) is 0 Å². The predicted molar refractivity (Wildman–Crippen MR) is 118 cm³/mol. The molecule has 2 heterocycles. The summed E-state index contributed by atoms with van der Waals surface area (Å²) in [5.41, 5.74) is 7.27. The molecule has 0 aliphatic carbocycles. The smallest absolute Gasteiger partial charge is 0.407 e. The molecule has 0 aromatic heterocycles. The molecule has 2 saturated heterocycles. The summed E-state index contributed by atoms with van der Waals surface area (Å²) in [6.45, 7) is 9.81. The summed E-state index contributed by atoms with van der Waals surface area (Å²) in [5.74, 6) is 0. The molecule has 29 heavy (non-hydrogen) atoms. The third-order valence-electron chi connectivity index (χ3n) is 5.57. The first-order valence-corrected chi connectivity index (χ1v) is 10.7. The van der Waals surface area contributed by atoms with Crippen molar-refractivity contribution >= 4 is 25.2 Å². The average molecular weight is 392 g/mol. The molecule has 2 unspecified atom stereocenters. The monoisotopic (exact) mass is 392 g/mol. The van der Waals surface area contributed by atoms with E-state index in [9.17, 15) is 0 Å². The van der Waals surface area contributed by atoms with Crippen LogP contribution < -0.4 is 10.9 Å². The van der Waals surface area contributed by atoms with Gasteiger partial charge in [-0.2, -0.15) is 0 Å². The van der Waals surface area contributed by atoms with Crippen LogP contribution in [0.3, 0.4) is 0 Å². The van der Waals surface area contributed by atoms with E-state index < -0.39 is 0 Å². The SMILES string of the molecule is Cc1cc(CCC2CCOB(c3cc(C)cc(C)c3)O2)cc(B2OCC(C)O2)c1. The first kappa shape index (κ1) is 20.7. The predicted octanol–water partition coefficient (Wildman–Crippen LogP) is 2.88. The van der Waals surface area contributed by atoms with Crippen LogP contribution in [-0.4, -0.2) is 39.7 Å². The van der Waals surface area contributed by atoms with Gasteiger partial charge in [-0.05, 0) is 63.4 Å². The van der Waals surface area contributed by atoms with Gasteiger partial charge in [0, 0.05) is 12.7 Å². The molecule has 0 amide bonds. The maximum atomic E-state index is 6.31. The van der Waals surface area contributed by atoms with Crippen molar-refractivity contribution in [2.24, 2.45) is 0 Å². The van der Waals surface area contributed by atoms with Crippen LogP contribution in [0.25, 0.3) is 0 Å². The van der Waals surface area contributed by atoms with Crippen molar-refractivity contribution in [3.8, 4) is 0 Å². The zero-order valence-corrected chi connectivity index (χ0v) is 17.9. The molecule has 0 N–H and O–H groups in total. The second kappa shape index (κ2) is 9.05. The Morgan fingerprint density at radius 2 is 1.48 bits per heavy atom. The van der Waals surface area contributed by atoms with Gasteiger partial charge in [0.25, 0.3) is 0 Å². The second-order valence-electron chi connectivity index (χ2n) is 8.57. The van der Waals surface area contributed by atoms with Gasteiger partial charge in [0.1, 0.15) is 0 Å². The lowest BCUT2D eigenvalue weighted by atomic mass is 9.75. The fourth-order valence-electron chi connectivity index (χ4n) is 4.31. The van der Waals surface area contributed by atoms with Gasteiger partial charge in [-0.1, -0.05) is 53.1 Å². The highest BCUT2D eigenvalue weighted by atomic mass is 16.6. The number of aryl methyl sites for hydroxylation is 4. The molecule has 2 aromatic rings. The third-order valence-corrected chi connectivity index (χ3v) is 5.57. The van der Waals surface area contributed by atoms with Crippen molar-refractivity contribution in [1.29, 1.82) is 0 Å². The Morgan fingerprint density at radius 1 is 0.828 bits per heavy atom. The lowest BCUT2D eigenvalue weighted by Crippen LogP contribution is -2.45. The highest BCUT2D eigenvalue weighted by Crippen LogP contribution is 2.18. The number of benzene rings is 2. The van der Waals surface area contributed by atoms with Crippen molar-refractivity contribution < 1.29 is 18.6 Å². The maximum absolute atomic E-state index is 6.31. The summed E-state index contributed by atoms with van der Waals surface area (Å²) in [4.78, 5) is 0. The Hall–Kier alpha value is -1.59. The van der Waals surface area contributed by atoms with Crippen LogP contribution in [0.2, 0.25) is 0 Å². The van der Waals surface area contributed by atoms with Crippen LogP contribution in [-0.2, 0) is 25.0 Å². The Bertz CT molecular complexity index is 837. The highest BCUT2D eigenvalue weighted by Gasteiger charge is 2.32. The minimum Gasteiger partial charge on any atom is -0.407 e. The molecule has 2 aliphatic rings. The van der Waals surface area contributed by atoms with Crippen LogP contribution in [0, 0.1) is 20.8 Å². The van der Waals surface area contributed by atoms with Gasteiger partial charge in [0.15, 0.2) is 0 Å². The van der Waals surface area contributed by atoms with Gasteiger partial charge in [-0.25, -0.2) is 0 Å². The van der Waals surface area contributed by atoms with Crippen molar-refractivity contribution in [2.75, 3.05) is 13.2 Å². The van der Waals surface area contributed by atoms with Crippen LogP contribution >= 0.6 is 0 Å². The lowest BCUT2D eigenvalue weighted by Gasteiger charge is -2.28. The van der Waals surface area contributed by atoms with Gasteiger partial charge in [0.05, 0.1) is 12.7 Å². The normalized spacial score (nSPS) is 22.3. The minimum atomic E-state index is -0.262. The van der Waals surface area contributed by atoms with Gasteiger partial charge < -0.3 is 18.6 Å². The molecule has 0 radical (unpaired) electrons. The molecule has 152 valence electrons. The molecular weight excluding hydrogens is 362 g/mol. The Labute approximate surface area is 175 Å². The Morgan fingerprint density at radius 3 is 2.17 bits per heavy atom. The Kier molecular flexibility index (Phi) is 6.45. The summed E-state index contributed by atoms with van der Waals surface area (Å²) in [5, 5.41) is 0. The quantitative estimate of drug-likeness (QED) is 0.734. The van der Waals surface area contributed by atoms with Crippen molar-refractivity contribution in [3.05, 3.63) is 58.7 Å². The second-order valence-corrected chi connectivity index (χ2v) is 8.57. The van der Waals surface area contributed by atoms with E-state index in [2.05, 4.69) is 57.2 Å². The number of hydrogen-bond acceptors (Lipinski definition) is 4. The van der Waals surface area contributed by atoms with E-state index in [0.29, 0.717) is 6.61 Å². The van der Waals surface area contributed by atoms with Crippen molar-refractivity contribution in [1.82, 2.24) is 0 Å². The Balaban J connectivity index is 1.39. The molecule has 6 heteroatoms. The first-order valence-electron chi connectivity index (χ1n) is 10.7. The molecule has 2 aliphatic heterocycles. The van der Waals surface area contributed by atoms with E-state index in [4.69, 9.17) is 18.6 Å². The molecule has 2 fully saturated rings. The summed E-state index contributed by atoms with van der Waals surface area (Å²) in [7, 11) is -0.501. The van der Waals surface area contributed by atoms with Crippen molar-refractivity contribution in [2.45, 2.75) is 59.2 Å². The van der Waals surface area contributed by atoms with Gasteiger partial charge in [-0.3, -0.25) is 0 Å². The van der Waals surface area contributed by atoms with Crippen LogP contribution in [0.1, 0.15) is 42.0 Å². The minimum absolute atomic E-state index is 0.154. The van der Waals surface area contributed by atoms with Crippen LogP contribution in [0.4, 0.5) is 0 Å². The largest absolute Gasteiger partial charge is 0.494 e. The molecule has 0 saturated carbocycles. The fourth-order valence-corrected chi connectivity index (χ4v) is 4.31. The molecule has 0 spiro atoms. The number of rotatable bonds is 5. The fraction of sp³-hybridized carbons (Fsp3) is 0.478. The standard InChI is InChI=1S/C23H30B2O4/c1-16-9-17(2)12-21(11-16)24-26-8-7-23(29-24)6-5-20-10-18(3)13-22(14-20)25-27-15-19(4)28-25/h9-14,19,23H,5-8,15H2,1-4H3. The van der Waals surface area contributed by atoms with E-state index >= 15 is 0 Å². The number of hydrogen-bond donors (Lipinski definition) is 0. The molecule has 4 rings (SSSR count).